The molecule has 0 spiro atoms. The molecule has 5 nitrogen and oxygen atoms in total. The van der Waals surface area contributed by atoms with Gasteiger partial charge in [-0.3, -0.25) is 4.79 Å². The second kappa shape index (κ2) is 9.03. The Balaban J connectivity index is 1.82. The van der Waals surface area contributed by atoms with E-state index in [4.69, 9.17) is 25.8 Å². The maximum Gasteiger partial charge on any atom is 0.227 e. The van der Waals surface area contributed by atoms with E-state index in [1.807, 2.05) is 31.2 Å². The summed E-state index contributed by atoms with van der Waals surface area (Å²) in [5.74, 6) is 1.85. The molecule has 2 rings (SSSR count). The van der Waals surface area contributed by atoms with E-state index in [0.717, 1.165) is 5.75 Å². The van der Waals surface area contributed by atoms with Crippen molar-refractivity contribution in [2.45, 2.75) is 13.3 Å². The molecule has 0 unspecified atom stereocenters. The van der Waals surface area contributed by atoms with Gasteiger partial charge in [-0.15, -0.1) is 0 Å². The first kappa shape index (κ1) is 17.9. The number of amides is 1. The van der Waals surface area contributed by atoms with Crippen LogP contribution < -0.4 is 19.5 Å². The lowest BCUT2D eigenvalue weighted by Crippen LogP contribution is -2.15. The Kier molecular flexibility index (Phi) is 6.75. The summed E-state index contributed by atoms with van der Waals surface area (Å²) in [5, 5.41) is 3.29. The molecule has 1 amide bonds. The standard InChI is InChI=1S/C18H20ClNO4/c1-3-23-14-5-7-15(8-6-14)24-11-10-18(21)20-16-12-13(19)4-9-17(16)22-2/h4-9,12H,3,10-11H2,1-2H3,(H,20,21). The van der Waals surface area contributed by atoms with Gasteiger partial charge in [-0.05, 0) is 49.4 Å². The zero-order chi connectivity index (χ0) is 17.4. The van der Waals surface area contributed by atoms with E-state index in [2.05, 4.69) is 5.32 Å². The van der Waals surface area contributed by atoms with Gasteiger partial charge < -0.3 is 19.5 Å². The number of rotatable bonds is 8. The number of ether oxygens (including phenoxy) is 3. The van der Waals surface area contributed by atoms with E-state index in [1.54, 1.807) is 18.2 Å². The van der Waals surface area contributed by atoms with Crippen molar-refractivity contribution in [1.29, 1.82) is 0 Å². The minimum atomic E-state index is -0.179. The molecule has 0 aromatic heterocycles. The molecule has 24 heavy (non-hydrogen) atoms. The molecule has 0 aliphatic carbocycles. The van der Waals surface area contributed by atoms with Gasteiger partial charge in [0.2, 0.25) is 5.91 Å². The van der Waals surface area contributed by atoms with Crippen LogP contribution in [0.5, 0.6) is 17.2 Å². The number of hydrogen-bond acceptors (Lipinski definition) is 4. The first-order valence-corrected chi connectivity index (χ1v) is 7.99. The van der Waals surface area contributed by atoms with Crippen LogP contribution in [0.15, 0.2) is 42.5 Å². The van der Waals surface area contributed by atoms with Crippen molar-refractivity contribution in [3.63, 3.8) is 0 Å². The maximum atomic E-state index is 12.0. The van der Waals surface area contributed by atoms with Gasteiger partial charge in [0.15, 0.2) is 0 Å². The van der Waals surface area contributed by atoms with Gasteiger partial charge >= 0.3 is 0 Å². The van der Waals surface area contributed by atoms with Crippen molar-refractivity contribution in [3.8, 4) is 17.2 Å². The first-order valence-electron chi connectivity index (χ1n) is 7.61. The lowest BCUT2D eigenvalue weighted by Gasteiger charge is -2.11. The van der Waals surface area contributed by atoms with Crippen LogP contribution in [0.1, 0.15) is 13.3 Å². The number of nitrogens with one attached hydrogen (secondary N) is 1. The summed E-state index contributed by atoms with van der Waals surface area (Å²) in [7, 11) is 1.54. The number of carbonyl (C=O) groups excluding carboxylic acids is 1. The fourth-order valence-electron chi connectivity index (χ4n) is 2.05. The normalized spacial score (nSPS) is 10.1. The van der Waals surface area contributed by atoms with Crippen LogP contribution in [0.2, 0.25) is 5.02 Å². The van der Waals surface area contributed by atoms with Gasteiger partial charge in [-0.25, -0.2) is 0 Å². The highest BCUT2D eigenvalue weighted by Gasteiger charge is 2.08. The van der Waals surface area contributed by atoms with Gasteiger partial charge in [-0.2, -0.15) is 0 Å². The van der Waals surface area contributed by atoms with E-state index in [0.29, 0.717) is 28.8 Å². The molecule has 0 aliphatic heterocycles. The van der Waals surface area contributed by atoms with Crippen LogP contribution in [0.25, 0.3) is 0 Å². The summed E-state index contributed by atoms with van der Waals surface area (Å²) in [6.45, 7) is 2.81. The Hall–Kier alpha value is -2.40. The molecule has 0 saturated carbocycles. The molecule has 2 aromatic rings. The number of benzene rings is 2. The molecule has 0 fully saturated rings. The monoisotopic (exact) mass is 349 g/mol. The van der Waals surface area contributed by atoms with Gasteiger partial charge in [0.05, 0.1) is 32.4 Å². The minimum absolute atomic E-state index is 0.179. The number of carbonyl (C=O) groups is 1. The van der Waals surface area contributed by atoms with Crippen molar-refractivity contribution < 1.29 is 19.0 Å². The summed E-state index contributed by atoms with van der Waals surface area (Å²) in [6, 6.07) is 12.3. The molecule has 1 N–H and O–H groups in total. The van der Waals surface area contributed by atoms with E-state index in [-0.39, 0.29) is 18.9 Å². The van der Waals surface area contributed by atoms with Crippen molar-refractivity contribution in [2.75, 3.05) is 25.6 Å². The Morgan fingerprint density at radius 3 is 2.38 bits per heavy atom. The molecule has 0 atom stereocenters. The van der Waals surface area contributed by atoms with Crippen LogP contribution in [0.4, 0.5) is 5.69 Å². The molecule has 0 saturated heterocycles. The summed E-state index contributed by atoms with van der Waals surface area (Å²) >= 11 is 5.94. The third kappa shape index (κ3) is 5.35. The number of hydrogen-bond donors (Lipinski definition) is 1. The van der Waals surface area contributed by atoms with Crippen LogP contribution in [0.3, 0.4) is 0 Å². The second-order valence-electron chi connectivity index (χ2n) is 4.90. The van der Waals surface area contributed by atoms with Crippen molar-refractivity contribution >= 4 is 23.2 Å². The predicted molar refractivity (Wildman–Crippen MR) is 94.4 cm³/mol. The van der Waals surface area contributed by atoms with E-state index < -0.39 is 0 Å². The van der Waals surface area contributed by atoms with E-state index >= 15 is 0 Å². The fourth-order valence-corrected chi connectivity index (χ4v) is 2.22. The quantitative estimate of drug-likeness (QED) is 0.777. The summed E-state index contributed by atoms with van der Waals surface area (Å²) in [4.78, 5) is 12.0. The molecular weight excluding hydrogens is 330 g/mol. The lowest BCUT2D eigenvalue weighted by molar-refractivity contribution is -0.116. The van der Waals surface area contributed by atoms with Crippen molar-refractivity contribution in [2.24, 2.45) is 0 Å². The highest BCUT2D eigenvalue weighted by atomic mass is 35.5. The largest absolute Gasteiger partial charge is 0.495 e. The average Bonchev–Trinajstić information content (AvgIpc) is 2.57. The Bertz CT molecular complexity index is 673. The minimum Gasteiger partial charge on any atom is -0.495 e. The highest BCUT2D eigenvalue weighted by molar-refractivity contribution is 6.31. The fraction of sp³-hybridized carbons (Fsp3) is 0.278. The van der Waals surface area contributed by atoms with Crippen molar-refractivity contribution in [3.05, 3.63) is 47.5 Å². The average molecular weight is 350 g/mol. The molecular formula is C18H20ClNO4. The SMILES string of the molecule is CCOc1ccc(OCCC(=O)Nc2cc(Cl)ccc2OC)cc1. The molecule has 128 valence electrons. The molecule has 0 heterocycles. The Morgan fingerprint density at radius 1 is 1.08 bits per heavy atom. The predicted octanol–water partition coefficient (Wildman–Crippen LogP) is 4.15. The first-order chi connectivity index (χ1) is 11.6. The second-order valence-corrected chi connectivity index (χ2v) is 5.33. The number of halogens is 1. The van der Waals surface area contributed by atoms with E-state index in [9.17, 15) is 4.79 Å². The van der Waals surface area contributed by atoms with Gasteiger partial charge in [0, 0.05) is 5.02 Å². The zero-order valence-electron chi connectivity index (χ0n) is 13.7. The smallest absolute Gasteiger partial charge is 0.227 e. The molecule has 6 heteroatoms. The number of anilines is 1. The van der Waals surface area contributed by atoms with Gasteiger partial charge in [-0.1, -0.05) is 11.6 Å². The number of methoxy groups -OCH3 is 1. The molecule has 0 aliphatic rings. The van der Waals surface area contributed by atoms with Crippen LogP contribution in [-0.2, 0) is 4.79 Å². The lowest BCUT2D eigenvalue weighted by atomic mass is 10.2. The van der Waals surface area contributed by atoms with Crippen molar-refractivity contribution in [1.82, 2.24) is 0 Å². The molecule has 0 bridgehead atoms. The van der Waals surface area contributed by atoms with Crippen LogP contribution in [-0.4, -0.2) is 26.2 Å². The highest BCUT2D eigenvalue weighted by Crippen LogP contribution is 2.27. The maximum absolute atomic E-state index is 12.0. The third-order valence-corrected chi connectivity index (χ3v) is 3.40. The van der Waals surface area contributed by atoms with Gasteiger partial charge in [0.25, 0.3) is 0 Å². The zero-order valence-corrected chi connectivity index (χ0v) is 14.4. The van der Waals surface area contributed by atoms with Gasteiger partial charge in [0.1, 0.15) is 17.2 Å². The summed E-state index contributed by atoms with van der Waals surface area (Å²) in [5.41, 5.74) is 0.538. The van der Waals surface area contributed by atoms with E-state index in [1.165, 1.54) is 7.11 Å². The molecule has 2 aromatic carbocycles. The topological polar surface area (TPSA) is 56.8 Å². The van der Waals surface area contributed by atoms with Crippen LogP contribution >= 0.6 is 11.6 Å². The van der Waals surface area contributed by atoms with Crippen LogP contribution in [0, 0.1) is 0 Å². The Morgan fingerprint density at radius 2 is 1.75 bits per heavy atom. The molecule has 0 radical (unpaired) electrons. The summed E-state index contributed by atoms with van der Waals surface area (Å²) < 4.78 is 16.1. The summed E-state index contributed by atoms with van der Waals surface area (Å²) in [6.07, 6.45) is 0.211. The third-order valence-electron chi connectivity index (χ3n) is 3.17. The Labute approximate surface area is 146 Å².